The van der Waals surface area contributed by atoms with Gasteiger partial charge >= 0.3 is 12.1 Å². The van der Waals surface area contributed by atoms with E-state index in [4.69, 9.17) is 4.78 Å². The van der Waals surface area contributed by atoms with Crippen LogP contribution in [0.2, 0.25) is 0 Å². The summed E-state index contributed by atoms with van der Waals surface area (Å²) in [6, 6.07) is 4.50. The number of anilines is 1. The largest absolute Gasteiger partial charge is 0.465 e. The van der Waals surface area contributed by atoms with E-state index in [1.54, 1.807) is 6.07 Å². The zero-order chi connectivity index (χ0) is 19.8. The van der Waals surface area contributed by atoms with Gasteiger partial charge in [0.25, 0.3) is 0 Å². The van der Waals surface area contributed by atoms with Crippen molar-refractivity contribution in [3.63, 3.8) is 0 Å². The van der Waals surface area contributed by atoms with Gasteiger partial charge in [-0.1, -0.05) is 19.3 Å². The molecule has 0 spiro atoms. The van der Waals surface area contributed by atoms with E-state index in [1.165, 1.54) is 25.5 Å². The number of carbonyl (C=O) groups is 1. The summed E-state index contributed by atoms with van der Waals surface area (Å²) in [6.45, 7) is 0.541. The maximum atomic E-state index is 12.1. The van der Waals surface area contributed by atoms with E-state index in [0.29, 0.717) is 18.7 Å². The molecule has 2 N–H and O–H groups in total. The summed E-state index contributed by atoms with van der Waals surface area (Å²) in [5.74, 6) is -0.569. The summed E-state index contributed by atoms with van der Waals surface area (Å²) >= 11 is 0. The van der Waals surface area contributed by atoms with Gasteiger partial charge in [0.05, 0.1) is 33.0 Å². The third-order valence-corrected chi connectivity index (χ3v) is 4.95. The fourth-order valence-electron chi connectivity index (χ4n) is 2.44. The molecule has 1 unspecified atom stereocenters. The molecule has 26 heavy (non-hydrogen) atoms. The molecule has 9 heteroatoms. The predicted molar refractivity (Wildman–Crippen MR) is 95.1 cm³/mol. The van der Waals surface area contributed by atoms with Crippen molar-refractivity contribution in [2.24, 2.45) is 0 Å². The number of nitrogens with one attached hydrogen (secondary N) is 2. The minimum absolute atomic E-state index is 0.146. The van der Waals surface area contributed by atoms with Crippen molar-refractivity contribution in [3.8, 4) is 0 Å². The van der Waals surface area contributed by atoms with Crippen LogP contribution in [0.5, 0.6) is 0 Å². The molecular weight excluding hydrogens is 369 g/mol. The van der Waals surface area contributed by atoms with Crippen LogP contribution in [-0.2, 0) is 14.5 Å². The van der Waals surface area contributed by atoms with E-state index in [2.05, 4.69) is 10.1 Å². The lowest BCUT2D eigenvalue weighted by atomic mass is 10.1. The summed E-state index contributed by atoms with van der Waals surface area (Å²) in [4.78, 5) is 11.8. The topological polar surface area (TPSA) is 79.2 Å². The molecule has 0 bridgehead atoms. The lowest BCUT2D eigenvalue weighted by molar-refractivity contribution is -0.135. The standard InChI is InChI=1S/C17H25F3N2O3S/c1-25-16(23)13-8-9-14(15(12-13)26(2,21)24)22-11-7-5-3-4-6-10-17(18,19)20/h8-9,12,21-22H,3-7,10-11H2,1-2H3. The monoisotopic (exact) mass is 394 g/mol. The van der Waals surface area contributed by atoms with Gasteiger partial charge < -0.3 is 10.1 Å². The molecule has 5 nitrogen and oxygen atoms in total. The number of unbranched alkanes of at least 4 members (excludes halogenated alkanes) is 4. The molecule has 1 rings (SSSR count). The van der Waals surface area contributed by atoms with Crippen LogP contribution >= 0.6 is 0 Å². The first kappa shape index (κ1) is 22.3. The van der Waals surface area contributed by atoms with Gasteiger partial charge in [-0.15, -0.1) is 0 Å². The highest BCUT2D eigenvalue weighted by atomic mass is 32.2. The van der Waals surface area contributed by atoms with E-state index in [-0.39, 0.29) is 16.9 Å². The van der Waals surface area contributed by atoms with Crippen molar-refractivity contribution < 1.29 is 26.9 Å². The third-order valence-electron chi connectivity index (χ3n) is 3.77. The lowest BCUT2D eigenvalue weighted by Gasteiger charge is -2.13. The smallest absolute Gasteiger partial charge is 0.389 e. The Morgan fingerprint density at radius 3 is 2.38 bits per heavy atom. The van der Waals surface area contributed by atoms with Gasteiger partial charge in [-0.05, 0) is 31.0 Å². The molecule has 0 aliphatic carbocycles. The molecular formula is C17H25F3N2O3S. The maximum Gasteiger partial charge on any atom is 0.389 e. The Kier molecular flexibility index (Phi) is 8.39. The fraction of sp³-hybridized carbons (Fsp3) is 0.588. The molecule has 1 aromatic rings. The highest BCUT2D eigenvalue weighted by Crippen LogP contribution is 2.25. The number of hydrogen-bond donors (Lipinski definition) is 2. The molecule has 0 radical (unpaired) electrons. The van der Waals surface area contributed by atoms with E-state index in [9.17, 15) is 22.2 Å². The number of halogens is 3. The van der Waals surface area contributed by atoms with Crippen molar-refractivity contribution in [2.45, 2.75) is 49.6 Å². The third kappa shape index (κ3) is 8.07. The number of carbonyl (C=O) groups excluding carboxylic acids is 1. The van der Waals surface area contributed by atoms with Crippen molar-refractivity contribution in [1.82, 2.24) is 0 Å². The second kappa shape index (κ2) is 9.80. The Balaban J connectivity index is 2.51. The Morgan fingerprint density at radius 1 is 1.19 bits per heavy atom. The zero-order valence-corrected chi connectivity index (χ0v) is 15.8. The number of ether oxygens (including phenoxy) is 1. The van der Waals surface area contributed by atoms with Crippen molar-refractivity contribution in [1.29, 1.82) is 4.78 Å². The lowest BCUT2D eigenvalue weighted by Crippen LogP contribution is -2.09. The van der Waals surface area contributed by atoms with E-state index in [0.717, 1.165) is 19.3 Å². The van der Waals surface area contributed by atoms with Crippen LogP contribution in [-0.4, -0.2) is 36.3 Å². The average molecular weight is 394 g/mol. The molecule has 0 aromatic heterocycles. The highest BCUT2D eigenvalue weighted by molar-refractivity contribution is 7.91. The number of esters is 1. The van der Waals surface area contributed by atoms with Crippen LogP contribution in [0.3, 0.4) is 0 Å². The van der Waals surface area contributed by atoms with Gasteiger partial charge in [-0.3, -0.25) is 0 Å². The van der Waals surface area contributed by atoms with Crippen molar-refractivity contribution >= 4 is 21.4 Å². The van der Waals surface area contributed by atoms with E-state index < -0.39 is 28.3 Å². The molecule has 148 valence electrons. The van der Waals surface area contributed by atoms with Gasteiger partial charge in [0.15, 0.2) is 0 Å². The maximum absolute atomic E-state index is 12.1. The van der Waals surface area contributed by atoms with E-state index in [1.807, 2.05) is 0 Å². The van der Waals surface area contributed by atoms with E-state index >= 15 is 0 Å². The van der Waals surface area contributed by atoms with Crippen LogP contribution in [0.25, 0.3) is 0 Å². The Morgan fingerprint density at radius 2 is 1.81 bits per heavy atom. The molecule has 0 fully saturated rings. The minimum atomic E-state index is -4.09. The first-order valence-electron chi connectivity index (χ1n) is 8.31. The summed E-state index contributed by atoms with van der Waals surface area (Å²) in [5.41, 5.74) is 0.733. The number of methoxy groups -OCH3 is 1. The predicted octanol–water partition coefficient (Wildman–Crippen LogP) is 4.82. The Bertz CT molecular complexity index is 704. The second-order valence-corrected chi connectivity index (χ2v) is 8.23. The molecule has 0 aliphatic heterocycles. The number of alkyl halides is 3. The van der Waals surface area contributed by atoms with Crippen LogP contribution in [0.15, 0.2) is 23.1 Å². The molecule has 0 aliphatic rings. The fourth-order valence-corrected chi connectivity index (χ4v) is 3.35. The van der Waals surface area contributed by atoms with Gasteiger partial charge in [-0.2, -0.15) is 13.2 Å². The molecule has 0 heterocycles. The number of hydrogen-bond acceptors (Lipinski definition) is 5. The van der Waals surface area contributed by atoms with Gasteiger partial charge in [-0.25, -0.2) is 13.8 Å². The van der Waals surface area contributed by atoms with Gasteiger partial charge in [0.1, 0.15) is 0 Å². The summed E-state index contributed by atoms with van der Waals surface area (Å²) in [6.07, 6.45) is -0.631. The average Bonchev–Trinajstić information content (AvgIpc) is 2.54. The number of rotatable bonds is 10. The molecule has 1 atom stereocenters. The van der Waals surface area contributed by atoms with Crippen LogP contribution in [0, 0.1) is 4.78 Å². The Hall–Kier alpha value is -1.77. The Labute approximate surface area is 152 Å². The normalized spacial score (nSPS) is 13.9. The van der Waals surface area contributed by atoms with Gasteiger partial charge in [0.2, 0.25) is 0 Å². The molecule has 0 saturated heterocycles. The van der Waals surface area contributed by atoms with Crippen molar-refractivity contribution in [3.05, 3.63) is 23.8 Å². The van der Waals surface area contributed by atoms with Crippen LogP contribution < -0.4 is 5.32 Å². The molecule has 0 amide bonds. The molecule has 1 aromatic carbocycles. The summed E-state index contributed by atoms with van der Waals surface area (Å²) < 4.78 is 60.7. The zero-order valence-electron chi connectivity index (χ0n) is 14.9. The minimum Gasteiger partial charge on any atom is -0.465 e. The summed E-state index contributed by atoms with van der Waals surface area (Å²) in [5, 5.41) is 3.09. The first-order chi connectivity index (χ1) is 12.0. The second-order valence-electron chi connectivity index (χ2n) is 6.11. The SMILES string of the molecule is COC(=O)c1ccc(NCCCCCCCC(F)(F)F)c(S(C)(=N)=O)c1. The highest BCUT2D eigenvalue weighted by Gasteiger charge is 2.25. The molecule has 0 saturated carbocycles. The number of benzene rings is 1. The first-order valence-corrected chi connectivity index (χ1v) is 10.3. The van der Waals surface area contributed by atoms with Crippen LogP contribution in [0.1, 0.15) is 48.9 Å². The van der Waals surface area contributed by atoms with Crippen LogP contribution in [0.4, 0.5) is 18.9 Å². The summed E-state index contributed by atoms with van der Waals surface area (Å²) in [7, 11) is -1.80. The van der Waals surface area contributed by atoms with Crippen molar-refractivity contribution in [2.75, 3.05) is 25.2 Å². The quantitative estimate of drug-likeness (QED) is 0.440. The van der Waals surface area contributed by atoms with Gasteiger partial charge in [0, 0.05) is 19.2 Å².